The molecule has 0 aliphatic carbocycles. The Kier molecular flexibility index (Phi) is 46.5. The molecule has 0 fully saturated rings. The Morgan fingerprint density at radius 2 is 0.793 bits per heavy atom. The van der Waals surface area contributed by atoms with Crippen LogP contribution in [0.2, 0.25) is 0 Å². The van der Waals surface area contributed by atoms with Gasteiger partial charge in [-0.15, -0.1) is 0 Å². The van der Waals surface area contributed by atoms with E-state index in [2.05, 4.69) is 93.7 Å². The molecule has 0 aromatic rings. The van der Waals surface area contributed by atoms with E-state index in [0.29, 0.717) is 19.4 Å². The smallest absolute Gasteiger partial charge is 0.306 e. The molecule has 58 heavy (non-hydrogen) atoms. The van der Waals surface area contributed by atoms with Crippen molar-refractivity contribution in [3.8, 4) is 0 Å². The average Bonchev–Trinajstić information content (AvgIpc) is 3.22. The Balaban J connectivity index is 4.32. The molecule has 334 valence electrons. The molecular formula is C53H92O5. The Labute approximate surface area is 359 Å². The van der Waals surface area contributed by atoms with Crippen molar-refractivity contribution in [1.29, 1.82) is 0 Å². The minimum Gasteiger partial charge on any atom is -0.462 e. The Morgan fingerprint density at radius 3 is 1.31 bits per heavy atom. The number of esters is 2. The van der Waals surface area contributed by atoms with E-state index in [-0.39, 0.29) is 25.2 Å². The van der Waals surface area contributed by atoms with Gasteiger partial charge in [-0.25, -0.2) is 0 Å². The van der Waals surface area contributed by atoms with Crippen LogP contribution in [0.5, 0.6) is 0 Å². The SMILES string of the molecule is CC/C=C\C/C=C\C/C=C\C/C=C\CCCOCC(COC(=O)CCCCCCCCC/C=C\CCCCCCCC)OC(=O)CCCCCCC/C=C\CCCC. The number of ether oxygens (including phenoxy) is 3. The summed E-state index contributed by atoms with van der Waals surface area (Å²) in [5.74, 6) is -0.444. The van der Waals surface area contributed by atoms with Gasteiger partial charge in [-0.2, -0.15) is 0 Å². The molecule has 1 atom stereocenters. The minimum atomic E-state index is -0.571. The number of hydrogen-bond donors (Lipinski definition) is 0. The lowest BCUT2D eigenvalue weighted by molar-refractivity contribution is -0.163. The van der Waals surface area contributed by atoms with Crippen LogP contribution in [0, 0.1) is 0 Å². The molecule has 0 radical (unpaired) electrons. The van der Waals surface area contributed by atoms with E-state index in [1.807, 2.05) is 0 Å². The van der Waals surface area contributed by atoms with Gasteiger partial charge in [0.1, 0.15) is 6.61 Å². The highest BCUT2D eigenvalue weighted by molar-refractivity contribution is 5.70. The highest BCUT2D eigenvalue weighted by atomic mass is 16.6. The minimum absolute atomic E-state index is 0.0562. The van der Waals surface area contributed by atoms with Gasteiger partial charge in [0.25, 0.3) is 0 Å². The van der Waals surface area contributed by atoms with Crippen molar-refractivity contribution in [1.82, 2.24) is 0 Å². The first-order chi connectivity index (χ1) is 28.6. The predicted molar refractivity (Wildman–Crippen MR) is 251 cm³/mol. The molecular weight excluding hydrogens is 717 g/mol. The van der Waals surface area contributed by atoms with Crippen molar-refractivity contribution in [2.75, 3.05) is 19.8 Å². The van der Waals surface area contributed by atoms with Crippen LogP contribution < -0.4 is 0 Å². The molecule has 0 heterocycles. The van der Waals surface area contributed by atoms with Crippen LogP contribution in [-0.2, 0) is 23.8 Å². The largest absolute Gasteiger partial charge is 0.462 e. The highest BCUT2D eigenvalue weighted by Crippen LogP contribution is 2.13. The lowest BCUT2D eigenvalue weighted by Crippen LogP contribution is -2.30. The molecule has 0 N–H and O–H groups in total. The molecule has 0 amide bonds. The van der Waals surface area contributed by atoms with Crippen molar-refractivity contribution in [3.05, 3.63) is 72.9 Å². The molecule has 0 aliphatic heterocycles. The molecule has 0 aliphatic rings. The average molecular weight is 809 g/mol. The molecule has 0 saturated carbocycles. The first kappa shape index (κ1) is 55.3. The van der Waals surface area contributed by atoms with E-state index in [1.165, 1.54) is 109 Å². The fourth-order valence-electron chi connectivity index (χ4n) is 6.55. The van der Waals surface area contributed by atoms with Gasteiger partial charge in [-0.1, -0.05) is 190 Å². The fraction of sp³-hybridized carbons (Fsp3) is 0.736. The summed E-state index contributed by atoms with van der Waals surface area (Å²) in [4.78, 5) is 25.3. The standard InChI is InChI=1S/C53H92O5/c1-4-7-10-13-16-19-22-24-26-27-28-29-32-34-37-40-43-46-52(54)57-50-51(58-53(55)47-44-41-38-35-31-21-18-15-12-9-6-3)49-56-48-45-42-39-36-33-30-25-23-20-17-14-11-8-5-2/h8,11,15,17-18,20,24-26,30,36,39,51H,4-7,9-10,12-14,16,19,21-23,27-29,31-35,37-38,40-50H2,1-3H3/b11-8-,18-15-,20-17-,26-24-,30-25-,39-36-. The van der Waals surface area contributed by atoms with Crippen molar-refractivity contribution in [3.63, 3.8) is 0 Å². The van der Waals surface area contributed by atoms with E-state index in [4.69, 9.17) is 14.2 Å². The monoisotopic (exact) mass is 809 g/mol. The maximum Gasteiger partial charge on any atom is 0.306 e. The van der Waals surface area contributed by atoms with Crippen molar-refractivity contribution in [2.45, 2.75) is 232 Å². The van der Waals surface area contributed by atoms with E-state index in [1.54, 1.807) is 0 Å². The van der Waals surface area contributed by atoms with Crippen LogP contribution in [0.4, 0.5) is 0 Å². The maximum atomic E-state index is 12.7. The van der Waals surface area contributed by atoms with Crippen LogP contribution >= 0.6 is 0 Å². The number of unbranched alkanes of at least 4 members (excludes halogenated alkanes) is 21. The Morgan fingerprint density at radius 1 is 0.397 bits per heavy atom. The second-order valence-electron chi connectivity index (χ2n) is 16.0. The molecule has 0 bridgehead atoms. The number of carbonyl (C=O) groups excluding carboxylic acids is 2. The summed E-state index contributed by atoms with van der Waals surface area (Å²) in [6.07, 6.45) is 62.0. The molecule has 0 rings (SSSR count). The van der Waals surface area contributed by atoms with Gasteiger partial charge in [0.15, 0.2) is 6.10 Å². The van der Waals surface area contributed by atoms with Gasteiger partial charge >= 0.3 is 11.9 Å². The van der Waals surface area contributed by atoms with Gasteiger partial charge in [-0.3, -0.25) is 9.59 Å². The topological polar surface area (TPSA) is 61.8 Å². The second kappa shape index (κ2) is 48.7. The molecule has 5 nitrogen and oxygen atoms in total. The first-order valence-corrected chi connectivity index (χ1v) is 24.5. The van der Waals surface area contributed by atoms with Crippen LogP contribution in [-0.4, -0.2) is 37.9 Å². The second-order valence-corrected chi connectivity index (χ2v) is 16.0. The van der Waals surface area contributed by atoms with Gasteiger partial charge in [-0.05, 0) is 96.3 Å². The van der Waals surface area contributed by atoms with Crippen LogP contribution in [0.25, 0.3) is 0 Å². The predicted octanol–water partition coefficient (Wildman–Crippen LogP) is 16.3. The maximum absolute atomic E-state index is 12.7. The summed E-state index contributed by atoms with van der Waals surface area (Å²) in [6.45, 7) is 7.53. The summed E-state index contributed by atoms with van der Waals surface area (Å²) in [5.41, 5.74) is 0. The highest BCUT2D eigenvalue weighted by Gasteiger charge is 2.17. The summed E-state index contributed by atoms with van der Waals surface area (Å²) in [6, 6.07) is 0. The van der Waals surface area contributed by atoms with E-state index < -0.39 is 6.10 Å². The zero-order valence-corrected chi connectivity index (χ0v) is 38.3. The van der Waals surface area contributed by atoms with Gasteiger partial charge < -0.3 is 14.2 Å². The van der Waals surface area contributed by atoms with E-state index >= 15 is 0 Å². The molecule has 1 unspecified atom stereocenters. The summed E-state index contributed by atoms with van der Waals surface area (Å²) in [7, 11) is 0. The molecule has 0 spiro atoms. The lowest BCUT2D eigenvalue weighted by Gasteiger charge is -2.18. The normalized spacial score (nSPS) is 12.8. The molecule has 5 heteroatoms. The summed E-state index contributed by atoms with van der Waals surface area (Å²) in [5, 5.41) is 0. The zero-order chi connectivity index (χ0) is 42.1. The zero-order valence-electron chi connectivity index (χ0n) is 38.3. The third-order valence-corrected chi connectivity index (χ3v) is 10.2. The first-order valence-electron chi connectivity index (χ1n) is 24.5. The van der Waals surface area contributed by atoms with Gasteiger partial charge in [0.05, 0.1) is 6.61 Å². The third kappa shape index (κ3) is 46.0. The molecule has 0 aromatic carbocycles. The van der Waals surface area contributed by atoms with E-state index in [0.717, 1.165) is 83.5 Å². The quantitative estimate of drug-likeness (QED) is 0.0348. The number of carbonyl (C=O) groups is 2. The molecule has 0 saturated heterocycles. The lowest BCUT2D eigenvalue weighted by atomic mass is 10.1. The number of rotatable bonds is 44. The Bertz CT molecular complexity index is 1050. The summed E-state index contributed by atoms with van der Waals surface area (Å²) >= 11 is 0. The van der Waals surface area contributed by atoms with Crippen LogP contribution in [0.15, 0.2) is 72.9 Å². The fourth-order valence-corrected chi connectivity index (χ4v) is 6.55. The van der Waals surface area contributed by atoms with E-state index in [9.17, 15) is 9.59 Å². The van der Waals surface area contributed by atoms with Crippen LogP contribution in [0.3, 0.4) is 0 Å². The van der Waals surface area contributed by atoms with Crippen molar-refractivity contribution < 1.29 is 23.8 Å². The Hall–Kier alpha value is -2.66. The number of allylic oxidation sites excluding steroid dienone is 12. The summed E-state index contributed by atoms with van der Waals surface area (Å²) < 4.78 is 17.3. The van der Waals surface area contributed by atoms with Gasteiger partial charge in [0.2, 0.25) is 0 Å². The van der Waals surface area contributed by atoms with Gasteiger partial charge in [0, 0.05) is 19.4 Å². The van der Waals surface area contributed by atoms with Crippen molar-refractivity contribution >= 4 is 11.9 Å². The number of hydrogen-bond acceptors (Lipinski definition) is 5. The van der Waals surface area contributed by atoms with Crippen LogP contribution in [0.1, 0.15) is 226 Å². The third-order valence-electron chi connectivity index (χ3n) is 10.2. The van der Waals surface area contributed by atoms with Crippen molar-refractivity contribution in [2.24, 2.45) is 0 Å². The molecule has 0 aromatic heterocycles.